The fourth-order valence-electron chi connectivity index (χ4n) is 2.37. The van der Waals surface area contributed by atoms with Crippen LogP contribution in [0.5, 0.6) is 0 Å². The summed E-state index contributed by atoms with van der Waals surface area (Å²) in [4.78, 5) is 2.45. The van der Waals surface area contributed by atoms with E-state index in [0.29, 0.717) is 16.2 Å². The second-order valence-corrected chi connectivity index (χ2v) is 7.92. The zero-order valence-corrected chi connectivity index (χ0v) is 14.0. The second-order valence-electron chi connectivity index (χ2n) is 5.36. The lowest BCUT2D eigenvalue weighted by Crippen LogP contribution is -2.47. The Kier molecular flexibility index (Phi) is 4.73. The lowest BCUT2D eigenvalue weighted by molar-refractivity contribution is 0.178. The molecule has 1 aromatic carbocycles. The number of benzene rings is 1. The fraction of sp³-hybridized carbons (Fsp3) is 0.538. The van der Waals surface area contributed by atoms with Crippen LogP contribution in [0.1, 0.15) is 19.8 Å². The Morgan fingerprint density at radius 1 is 1.45 bits per heavy atom. The zero-order chi connectivity index (χ0) is 14.9. The van der Waals surface area contributed by atoms with Crippen LogP contribution in [-0.4, -0.2) is 39.0 Å². The second kappa shape index (κ2) is 6.01. The first kappa shape index (κ1) is 15.8. The van der Waals surface area contributed by atoms with Gasteiger partial charge in [0.05, 0.1) is 4.90 Å². The number of nitrogen functional groups attached to an aromatic ring is 1. The van der Waals surface area contributed by atoms with Gasteiger partial charge in [0.1, 0.15) is 0 Å². The summed E-state index contributed by atoms with van der Waals surface area (Å²) in [5.41, 5.74) is 6.17. The number of anilines is 1. The molecule has 0 bridgehead atoms. The predicted octanol–water partition coefficient (Wildman–Crippen LogP) is 1.79. The minimum atomic E-state index is -3.51. The number of nitrogens with one attached hydrogen (secondary N) is 1. The molecule has 3 N–H and O–H groups in total. The van der Waals surface area contributed by atoms with Crippen molar-refractivity contribution in [2.45, 2.75) is 36.7 Å². The van der Waals surface area contributed by atoms with Crippen molar-refractivity contribution >= 4 is 31.6 Å². The maximum atomic E-state index is 12.4. The maximum Gasteiger partial charge on any atom is 0.240 e. The van der Waals surface area contributed by atoms with E-state index in [-0.39, 0.29) is 10.9 Å². The van der Waals surface area contributed by atoms with Crippen molar-refractivity contribution in [2.24, 2.45) is 0 Å². The Labute approximate surface area is 128 Å². The largest absolute Gasteiger partial charge is 0.398 e. The summed E-state index contributed by atoms with van der Waals surface area (Å²) in [7, 11) is -1.45. The van der Waals surface area contributed by atoms with Gasteiger partial charge in [-0.2, -0.15) is 0 Å². The average molecular weight is 362 g/mol. The van der Waals surface area contributed by atoms with Crippen LogP contribution < -0.4 is 10.5 Å². The van der Waals surface area contributed by atoms with E-state index in [0.717, 1.165) is 19.4 Å². The molecule has 112 valence electrons. The monoisotopic (exact) mass is 361 g/mol. The standard InChI is InChI=1S/C13H20BrN3O2S/c1-9-7-10(5-6-17(9)2)16-20(18,19)11-3-4-12(14)13(15)8-11/h3-4,8-10,16H,5-7,15H2,1-2H3. The Hall–Kier alpha value is -0.630. The van der Waals surface area contributed by atoms with Crippen molar-refractivity contribution in [1.29, 1.82) is 0 Å². The Balaban J connectivity index is 2.13. The molecule has 1 aliphatic heterocycles. The van der Waals surface area contributed by atoms with Crippen LogP contribution in [0.15, 0.2) is 27.6 Å². The highest BCUT2D eigenvalue weighted by Crippen LogP contribution is 2.24. The van der Waals surface area contributed by atoms with E-state index >= 15 is 0 Å². The molecule has 0 saturated carbocycles. The maximum absolute atomic E-state index is 12.4. The van der Waals surface area contributed by atoms with Gasteiger partial charge >= 0.3 is 0 Å². The third-order valence-corrected chi connectivity index (χ3v) is 6.05. The molecule has 2 atom stereocenters. The Morgan fingerprint density at radius 3 is 2.75 bits per heavy atom. The molecule has 20 heavy (non-hydrogen) atoms. The minimum Gasteiger partial charge on any atom is -0.398 e. The summed E-state index contributed by atoms with van der Waals surface area (Å²) in [6.07, 6.45) is 1.65. The quantitative estimate of drug-likeness (QED) is 0.804. The Morgan fingerprint density at radius 2 is 2.15 bits per heavy atom. The van der Waals surface area contributed by atoms with E-state index in [4.69, 9.17) is 5.73 Å². The first-order valence-corrected chi connectivity index (χ1v) is 8.85. The van der Waals surface area contributed by atoms with Gasteiger partial charge in [0.25, 0.3) is 0 Å². The molecule has 0 aliphatic carbocycles. The van der Waals surface area contributed by atoms with E-state index in [1.54, 1.807) is 12.1 Å². The molecule has 2 rings (SSSR count). The number of hydrogen-bond donors (Lipinski definition) is 2. The lowest BCUT2D eigenvalue weighted by Gasteiger charge is -2.35. The number of sulfonamides is 1. The number of piperidine rings is 1. The van der Waals surface area contributed by atoms with E-state index in [2.05, 4.69) is 39.5 Å². The summed E-state index contributed by atoms with van der Waals surface area (Å²) in [5, 5.41) is 0. The van der Waals surface area contributed by atoms with Gasteiger partial charge < -0.3 is 10.6 Å². The highest BCUT2D eigenvalue weighted by atomic mass is 79.9. The normalized spacial score (nSPS) is 24.8. The van der Waals surface area contributed by atoms with Crippen LogP contribution in [0.25, 0.3) is 0 Å². The van der Waals surface area contributed by atoms with Crippen LogP contribution in [0.4, 0.5) is 5.69 Å². The summed E-state index contributed by atoms with van der Waals surface area (Å²) in [6.45, 7) is 3.01. The van der Waals surface area contributed by atoms with Gasteiger partial charge in [-0.25, -0.2) is 13.1 Å². The van der Waals surface area contributed by atoms with E-state index < -0.39 is 10.0 Å². The van der Waals surface area contributed by atoms with Crippen molar-refractivity contribution in [3.05, 3.63) is 22.7 Å². The molecule has 0 aromatic heterocycles. The zero-order valence-electron chi connectivity index (χ0n) is 11.6. The first-order valence-electron chi connectivity index (χ1n) is 6.57. The van der Waals surface area contributed by atoms with Gasteiger partial charge in [-0.1, -0.05) is 0 Å². The predicted molar refractivity (Wildman–Crippen MR) is 84.0 cm³/mol. The molecular formula is C13H20BrN3O2S. The van der Waals surface area contributed by atoms with Gasteiger partial charge in [-0.3, -0.25) is 0 Å². The molecule has 1 saturated heterocycles. The number of likely N-dealkylation sites (tertiary alicyclic amines) is 1. The molecule has 7 heteroatoms. The molecule has 1 aromatic rings. The third-order valence-electron chi connectivity index (χ3n) is 3.81. The summed E-state index contributed by atoms with van der Waals surface area (Å²) >= 11 is 3.26. The molecule has 2 unspecified atom stereocenters. The van der Waals surface area contributed by atoms with Crippen LogP contribution in [0.3, 0.4) is 0 Å². The van der Waals surface area contributed by atoms with Crippen LogP contribution in [0, 0.1) is 0 Å². The first-order chi connectivity index (χ1) is 9.29. The fourth-order valence-corrected chi connectivity index (χ4v) is 3.94. The summed E-state index contributed by atoms with van der Waals surface area (Å²) in [6, 6.07) is 5.05. The van der Waals surface area contributed by atoms with Crippen molar-refractivity contribution in [3.63, 3.8) is 0 Å². The third kappa shape index (κ3) is 3.52. The van der Waals surface area contributed by atoms with Crippen molar-refractivity contribution < 1.29 is 8.42 Å². The summed E-state index contributed by atoms with van der Waals surface area (Å²) in [5.74, 6) is 0. The van der Waals surface area contributed by atoms with E-state index in [9.17, 15) is 8.42 Å². The number of nitrogens with two attached hydrogens (primary N) is 1. The number of rotatable bonds is 3. The highest BCUT2D eigenvalue weighted by molar-refractivity contribution is 9.10. The average Bonchev–Trinajstić information content (AvgIpc) is 2.37. The molecule has 1 fully saturated rings. The van der Waals surface area contributed by atoms with Gasteiger partial charge in [-0.05, 0) is 67.5 Å². The summed E-state index contributed by atoms with van der Waals surface area (Å²) < 4.78 is 28.2. The number of nitrogens with zero attached hydrogens (tertiary/aromatic N) is 1. The molecule has 0 radical (unpaired) electrons. The minimum absolute atomic E-state index is 0.0175. The van der Waals surface area contributed by atoms with Crippen molar-refractivity contribution in [1.82, 2.24) is 9.62 Å². The van der Waals surface area contributed by atoms with Crippen LogP contribution >= 0.6 is 15.9 Å². The SMILES string of the molecule is CC1CC(NS(=O)(=O)c2ccc(Br)c(N)c2)CCN1C. The molecule has 0 spiro atoms. The van der Waals surface area contributed by atoms with Gasteiger partial charge in [-0.15, -0.1) is 0 Å². The molecule has 1 heterocycles. The van der Waals surface area contributed by atoms with E-state index in [1.807, 2.05) is 0 Å². The molecule has 5 nitrogen and oxygen atoms in total. The topological polar surface area (TPSA) is 75.4 Å². The molecule has 0 amide bonds. The van der Waals surface area contributed by atoms with Crippen molar-refractivity contribution in [3.8, 4) is 0 Å². The van der Waals surface area contributed by atoms with Crippen LogP contribution in [-0.2, 0) is 10.0 Å². The van der Waals surface area contributed by atoms with Crippen molar-refractivity contribution in [2.75, 3.05) is 19.3 Å². The number of hydrogen-bond acceptors (Lipinski definition) is 4. The Bertz CT molecular complexity index is 591. The highest BCUT2D eigenvalue weighted by Gasteiger charge is 2.27. The van der Waals surface area contributed by atoms with Crippen LogP contribution in [0.2, 0.25) is 0 Å². The van der Waals surface area contributed by atoms with E-state index in [1.165, 1.54) is 6.07 Å². The smallest absolute Gasteiger partial charge is 0.240 e. The molecule has 1 aliphatic rings. The van der Waals surface area contributed by atoms with Gasteiger partial charge in [0.15, 0.2) is 0 Å². The van der Waals surface area contributed by atoms with Gasteiger partial charge in [0.2, 0.25) is 10.0 Å². The van der Waals surface area contributed by atoms with Gasteiger partial charge in [0, 0.05) is 22.2 Å². The number of halogens is 1. The lowest BCUT2D eigenvalue weighted by atomic mass is 10.0. The molecular weight excluding hydrogens is 342 g/mol.